The van der Waals surface area contributed by atoms with E-state index >= 15 is 0 Å². The maximum atomic E-state index is 13.0. The summed E-state index contributed by atoms with van der Waals surface area (Å²) < 4.78 is 15.2. The lowest BCUT2D eigenvalue weighted by molar-refractivity contribution is -0.128. The third kappa shape index (κ3) is 4.40. The number of carbonyl (C=O) groups excluding carboxylic acids is 1. The Hall–Kier alpha value is -2.54. The fourth-order valence-corrected chi connectivity index (χ4v) is 4.59. The maximum absolute atomic E-state index is 13.0. The van der Waals surface area contributed by atoms with Crippen LogP contribution >= 0.6 is 11.8 Å². The molecule has 3 aromatic rings. The molecule has 2 aromatic carbocycles. The van der Waals surface area contributed by atoms with Crippen LogP contribution in [0.15, 0.2) is 48.5 Å². The first-order chi connectivity index (χ1) is 14.2. The second kappa shape index (κ2) is 8.86. The third-order valence-corrected chi connectivity index (χ3v) is 6.26. The molecule has 1 aliphatic heterocycles. The van der Waals surface area contributed by atoms with Crippen LogP contribution in [0, 0.1) is 5.82 Å². The van der Waals surface area contributed by atoms with E-state index in [0.29, 0.717) is 24.6 Å². The minimum atomic E-state index is -0.232. The van der Waals surface area contributed by atoms with Gasteiger partial charge in [-0.25, -0.2) is 9.37 Å². The van der Waals surface area contributed by atoms with E-state index in [1.807, 2.05) is 23.1 Å². The molecule has 0 N–H and O–H groups in total. The fraction of sp³-hybridized carbons (Fsp3) is 0.364. The average Bonchev–Trinajstić information content (AvgIpc) is 3.14. The van der Waals surface area contributed by atoms with E-state index in [1.54, 1.807) is 23.9 Å². The smallest absolute Gasteiger partial charge is 0.232 e. The molecule has 0 unspecified atom stereocenters. The van der Waals surface area contributed by atoms with E-state index in [9.17, 15) is 9.18 Å². The van der Waals surface area contributed by atoms with Gasteiger partial charge < -0.3 is 14.4 Å². The number of rotatable bonds is 6. The first-order valence-electron chi connectivity index (χ1n) is 9.96. The number of benzene rings is 2. The molecule has 0 radical (unpaired) electrons. The second-order valence-corrected chi connectivity index (χ2v) is 8.12. The molecule has 0 spiro atoms. The maximum Gasteiger partial charge on any atom is 0.232 e. The summed E-state index contributed by atoms with van der Waals surface area (Å²) in [6.07, 6.45) is 0. The summed E-state index contributed by atoms with van der Waals surface area (Å²) >= 11 is 1.58. The second-order valence-electron chi connectivity index (χ2n) is 7.13. The number of aryl methyl sites for hydroxylation is 1. The van der Waals surface area contributed by atoms with Gasteiger partial charge in [0.05, 0.1) is 16.8 Å². The number of thioether (sulfide) groups is 1. The summed E-state index contributed by atoms with van der Waals surface area (Å²) in [6, 6.07) is 14.7. The molecule has 0 bridgehead atoms. The molecular formula is C22H25FN4OS. The molecular weight excluding hydrogens is 387 g/mol. The molecule has 0 aliphatic carbocycles. The minimum Gasteiger partial charge on any atom is -0.339 e. The number of hydrogen-bond donors (Lipinski definition) is 0. The number of piperazine rings is 1. The van der Waals surface area contributed by atoms with Gasteiger partial charge >= 0.3 is 0 Å². The van der Waals surface area contributed by atoms with Crippen LogP contribution in [0.5, 0.6) is 0 Å². The van der Waals surface area contributed by atoms with Crippen molar-refractivity contribution < 1.29 is 9.18 Å². The molecule has 1 aliphatic rings. The van der Waals surface area contributed by atoms with Crippen LogP contribution in [0.4, 0.5) is 10.3 Å². The van der Waals surface area contributed by atoms with Crippen molar-refractivity contribution in [1.29, 1.82) is 0 Å². The number of imidazole rings is 1. The standard InChI is InChI=1S/C22H25FN4OS/c1-2-27-20-6-4-3-5-19(20)24-22(27)26-13-11-25(12-14-26)21(28)16-29-15-17-7-9-18(23)10-8-17/h3-10H,2,11-16H2,1H3. The van der Waals surface area contributed by atoms with Crippen LogP contribution < -0.4 is 4.90 Å². The van der Waals surface area contributed by atoms with Crippen molar-refractivity contribution in [2.45, 2.75) is 19.2 Å². The number of anilines is 1. The van der Waals surface area contributed by atoms with E-state index in [1.165, 1.54) is 12.1 Å². The Morgan fingerprint density at radius 1 is 1.07 bits per heavy atom. The molecule has 29 heavy (non-hydrogen) atoms. The SMILES string of the molecule is CCn1c(N2CCN(C(=O)CSCc3ccc(F)cc3)CC2)nc2ccccc21. The molecule has 1 amide bonds. The van der Waals surface area contributed by atoms with Crippen LogP contribution in [-0.2, 0) is 17.1 Å². The highest BCUT2D eigenvalue weighted by molar-refractivity contribution is 7.99. The van der Waals surface area contributed by atoms with Gasteiger partial charge in [0, 0.05) is 38.5 Å². The third-order valence-electron chi connectivity index (χ3n) is 5.27. The molecule has 1 saturated heterocycles. The molecule has 4 rings (SSSR count). The minimum absolute atomic E-state index is 0.167. The van der Waals surface area contributed by atoms with E-state index in [0.717, 1.165) is 42.2 Å². The number of aromatic nitrogens is 2. The summed E-state index contributed by atoms with van der Waals surface area (Å²) in [5, 5.41) is 0. The summed E-state index contributed by atoms with van der Waals surface area (Å²) in [5.74, 6) is 2.09. The number of fused-ring (bicyclic) bond motifs is 1. The van der Waals surface area contributed by atoms with Gasteiger partial charge in [-0.05, 0) is 36.8 Å². The highest BCUT2D eigenvalue weighted by Crippen LogP contribution is 2.24. The molecule has 152 valence electrons. The van der Waals surface area contributed by atoms with Crippen molar-refractivity contribution in [2.24, 2.45) is 0 Å². The summed E-state index contributed by atoms with van der Waals surface area (Å²) in [6.45, 7) is 6.01. The van der Waals surface area contributed by atoms with Crippen molar-refractivity contribution in [2.75, 3.05) is 36.8 Å². The van der Waals surface area contributed by atoms with Crippen LogP contribution in [0.3, 0.4) is 0 Å². The Labute approximate surface area is 174 Å². The monoisotopic (exact) mass is 412 g/mol. The molecule has 0 saturated carbocycles. The predicted molar refractivity (Wildman–Crippen MR) is 117 cm³/mol. The topological polar surface area (TPSA) is 41.4 Å². The fourth-order valence-electron chi connectivity index (χ4n) is 3.70. The van der Waals surface area contributed by atoms with Gasteiger partial charge in [0.2, 0.25) is 11.9 Å². The van der Waals surface area contributed by atoms with Gasteiger partial charge in [-0.2, -0.15) is 0 Å². The zero-order chi connectivity index (χ0) is 20.2. The van der Waals surface area contributed by atoms with Gasteiger partial charge in [0.15, 0.2) is 0 Å². The van der Waals surface area contributed by atoms with E-state index < -0.39 is 0 Å². The summed E-state index contributed by atoms with van der Waals surface area (Å²) in [4.78, 5) is 21.6. The highest BCUT2D eigenvalue weighted by atomic mass is 32.2. The van der Waals surface area contributed by atoms with Crippen molar-refractivity contribution in [3.8, 4) is 0 Å². The van der Waals surface area contributed by atoms with Crippen molar-refractivity contribution >= 4 is 34.7 Å². The number of halogens is 1. The Balaban J connectivity index is 1.31. The van der Waals surface area contributed by atoms with Crippen molar-refractivity contribution in [3.05, 3.63) is 59.9 Å². The lowest BCUT2D eigenvalue weighted by Crippen LogP contribution is -2.50. The van der Waals surface area contributed by atoms with Crippen molar-refractivity contribution in [1.82, 2.24) is 14.5 Å². The number of hydrogen-bond acceptors (Lipinski definition) is 4. The number of nitrogens with zero attached hydrogens (tertiary/aromatic N) is 4. The Morgan fingerprint density at radius 2 is 1.79 bits per heavy atom. The summed E-state index contributed by atoms with van der Waals surface area (Å²) in [7, 11) is 0. The number of amides is 1. The molecule has 1 fully saturated rings. The Bertz CT molecular complexity index is 980. The average molecular weight is 413 g/mol. The normalized spacial score (nSPS) is 14.6. The first kappa shape index (κ1) is 19.8. The molecule has 0 atom stereocenters. The molecule has 2 heterocycles. The zero-order valence-corrected chi connectivity index (χ0v) is 17.4. The summed E-state index contributed by atoms with van der Waals surface area (Å²) in [5.41, 5.74) is 3.20. The molecule has 1 aromatic heterocycles. The Kier molecular flexibility index (Phi) is 6.04. The lowest BCUT2D eigenvalue weighted by atomic mass is 10.2. The van der Waals surface area contributed by atoms with E-state index in [4.69, 9.17) is 4.98 Å². The first-order valence-corrected chi connectivity index (χ1v) is 11.1. The Morgan fingerprint density at radius 3 is 2.52 bits per heavy atom. The van der Waals surface area contributed by atoms with Crippen molar-refractivity contribution in [3.63, 3.8) is 0 Å². The predicted octanol–water partition coefficient (Wildman–Crippen LogP) is 3.78. The highest BCUT2D eigenvalue weighted by Gasteiger charge is 2.24. The number of carbonyl (C=O) groups is 1. The van der Waals surface area contributed by atoms with E-state index in [2.05, 4.69) is 22.5 Å². The largest absolute Gasteiger partial charge is 0.339 e. The quantitative estimate of drug-likeness (QED) is 0.618. The van der Waals surface area contributed by atoms with Crippen LogP contribution in [-0.4, -0.2) is 52.3 Å². The van der Waals surface area contributed by atoms with Gasteiger partial charge in [-0.15, -0.1) is 11.8 Å². The lowest BCUT2D eigenvalue weighted by Gasteiger charge is -2.35. The van der Waals surface area contributed by atoms with Gasteiger partial charge in [0.1, 0.15) is 5.82 Å². The number of para-hydroxylation sites is 2. The molecule has 5 nitrogen and oxygen atoms in total. The van der Waals surface area contributed by atoms with E-state index in [-0.39, 0.29) is 11.7 Å². The zero-order valence-electron chi connectivity index (χ0n) is 16.6. The van der Waals surface area contributed by atoms with Crippen LogP contribution in [0.1, 0.15) is 12.5 Å². The van der Waals surface area contributed by atoms with Gasteiger partial charge in [0.25, 0.3) is 0 Å². The van der Waals surface area contributed by atoms with Gasteiger partial charge in [-0.3, -0.25) is 4.79 Å². The molecule has 7 heteroatoms. The van der Waals surface area contributed by atoms with Crippen LogP contribution in [0.2, 0.25) is 0 Å². The van der Waals surface area contributed by atoms with Gasteiger partial charge in [-0.1, -0.05) is 24.3 Å². The van der Waals surface area contributed by atoms with Crippen LogP contribution in [0.25, 0.3) is 11.0 Å².